The van der Waals surface area contributed by atoms with Gasteiger partial charge in [-0.2, -0.15) is 6.20 Å². The maximum atomic E-state index is 11.6. The van der Waals surface area contributed by atoms with Gasteiger partial charge in [0.1, 0.15) is 0 Å². The Morgan fingerprint density at radius 3 is 2.72 bits per heavy atom. The molecule has 0 amide bonds. The first-order valence-corrected chi connectivity index (χ1v) is 8.74. The third-order valence-electron chi connectivity index (χ3n) is 4.50. The van der Waals surface area contributed by atoms with Gasteiger partial charge in [-0.1, -0.05) is 24.3 Å². The summed E-state index contributed by atoms with van der Waals surface area (Å²) in [5.41, 5.74) is 11.0. The summed E-state index contributed by atoms with van der Waals surface area (Å²) in [5.74, 6) is 0.863. The van der Waals surface area contributed by atoms with Gasteiger partial charge in [-0.05, 0) is 36.6 Å². The molecule has 0 atom stereocenters. The van der Waals surface area contributed by atoms with Gasteiger partial charge in [0.2, 0.25) is 0 Å². The minimum atomic E-state index is -0.147. The van der Waals surface area contributed by atoms with Crippen LogP contribution in [0.25, 0.3) is 11.0 Å². The summed E-state index contributed by atoms with van der Waals surface area (Å²) in [6, 6.07) is 8.32. The Balaban J connectivity index is 1.61. The van der Waals surface area contributed by atoms with Crippen molar-refractivity contribution in [1.82, 2.24) is 15.2 Å². The molecule has 6 nitrogen and oxygen atoms in total. The van der Waals surface area contributed by atoms with Crippen molar-refractivity contribution in [1.29, 1.82) is 0 Å². The summed E-state index contributed by atoms with van der Waals surface area (Å²) in [6.07, 6.45) is 4.01. The fourth-order valence-corrected chi connectivity index (χ4v) is 3.13. The van der Waals surface area contributed by atoms with Crippen molar-refractivity contribution < 1.29 is 9.53 Å². The van der Waals surface area contributed by atoms with Crippen LogP contribution >= 0.6 is 0 Å². The van der Waals surface area contributed by atoms with Gasteiger partial charge in [0.25, 0.3) is 0 Å². The average molecular weight is 341 g/mol. The molecular weight excluding hydrogens is 316 g/mol. The van der Waals surface area contributed by atoms with Gasteiger partial charge < -0.3 is 20.5 Å². The number of nitrogens with zero attached hydrogens (tertiary/aromatic N) is 3. The molecule has 1 aromatic carbocycles. The summed E-state index contributed by atoms with van der Waals surface area (Å²) in [7, 11) is 0. The van der Waals surface area contributed by atoms with Crippen LogP contribution in [0.5, 0.6) is 0 Å². The van der Waals surface area contributed by atoms with Crippen LogP contribution in [0, 0.1) is 6.92 Å². The molecule has 0 spiro atoms. The van der Waals surface area contributed by atoms with Crippen LogP contribution in [0.1, 0.15) is 18.1 Å². The SMILES string of the molecule is CCOC(=O)CN1CCN(C2=CC(c3ccccc3C)=C[N-]N2)CC1. The number of hydrogen-bond acceptors (Lipinski definition) is 5. The number of rotatable bonds is 5. The van der Waals surface area contributed by atoms with Gasteiger partial charge >= 0.3 is 5.97 Å². The first kappa shape index (κ1) is 17.4. The van der Waals surface area contributed by atoms with Crippen molar-refractivity contribution in [3.63, 3.8) is 0 Å². The van der Waals surface area contributed by atoms with Crippen molar-refractivity contribution in [3.8, 4) is 0 Å². The standard InChI is InChI=1S/C19H25N4O2/c1-3-25-19(24)14-22-8-10-23(11-9-22)18-12-16(13-20-21-18)17-7-5-4-6-15(17)2/h4-7,12-13,21H,3,8-11,14H2,1-2H3/q-1. The molecule has 6 heteroatoms. The topological polar surface area (TPSA) is 58.9 Å². The lowest BCUT2D eigenvalue weighted by Gasteiger charge is -2.41. The number of benzene rings is 1. The van der Waals surface area contributed by atoms with Gasteiger partial charge in [-0.25, -0.2) is 0 Å². The molecule has 25 heavy (non-hydrogen) atoms. The number of ether oxygens (including phenoxy) is 1. The van der Waals surface area contributed by atoms with Gasteiger partial charge in [-0.3, -0.25) is 9.69 Å². The highest BCUT2D eigenvalue weighted by Gasteiger charge is 2.21. The quantitative estimate of drug-likeness (QED) is 0.833. The normalized spacial score (nSPS) is 17.9. The summed E-state index contributed by atoms with van der Waals surface area (Å²) < 4.78 is 5.02. The molecule has 0 aromatic heterocycles. The third kappa shape index (κ3) is 4.33. The van der Waals surface area contributed by atoms with Crippen LogP contribution in [0.2, 0.25) is 0 Å². The zero-order valence-corrected chi connectivity index (χ0v) is 14.9. The Labute approximate surface area is 149 Å². The van der Waals surface area contributed by atoms with E-state index in [2.05, 4.69) is 45.8 Å². The molecular formula is C19H25N4O2-. The lowest BCUT2D eigenvalue weighted by molar-refractivity contribution is -0.144. The van der Waals surface area contributed by atoms with Crippen molar-refractivity contribution in [2.75, 3.05) is 39.3 Å². The molecule has 2 aliphatic rings. The second-order valence-corrected chi connectivity index (χ2v) is 6.24. The molecule has 1 saturated heterocycles. The predicted molar refractivity (Wildman–Crippen MR) is 98.4 cm³/mol. The van der Waals surface area contributed by atoms with E-state index in [0.29, 0.717) is 13.2 Å². The maximum Gasteiger partial charge on any atom is 0.320 e. The molecule has 0 bridgehead atoms. The molecule has 1 aromatic rings. The number of piperazine rings is 1. The van der Waals surface area contributed by atoms with Gasteiger partial charge in [0.05, 0.1) is 19.0 Å². The molecule has 1 fully saturated rings. The molecule has 2 aliphatic heterocycles. The van der Waals surface area contributed by atoms with Crippen molar-refractivity contribution >= 4 is 11.5 Å². The monoisotopic (exact) mass is 341 g/mol. The van der Waals surface area contributed by atoms with E-state index in [-0.39, 0.29) is 5.97 Å². The van der Waals surface area contributed by atoms with Crippen LogP contribution in [0.4, 0.5) is 0 Å². The second kappa shape index (κ2) is 8.07. The second-order valence-electron chi connectivity index (χ2n) is 6.24. The van der Waals surface area contributed by atoms with Gasteiger partial charge in [0, 0.05) is 26.2 Å². The Morgan fingerprint density at radius 1 is 1.24 bits per heavy atom. The Hall–Kier alpha value is -2.47. The lowest BCUT2D eigenvalue weighted by atomic mass is 10.0. The molecule has 2 heterocycles. The van der Waals surface area contributed by atoms with E-state index >= 15 is 0 Å². The van der Waals surface area contributed by atoms with E-state index in [1.165, 1.54) is 11.1 Å². The van der Waals surface area contributed by atoms with E-state index in [0.717, 1.165) is 37.6 Å². The van der Waals surface area contributed by atoms with Crippen LogP contribution in [-0.4, -0.2) is 55.1 Å². The van der Waals surface area contributed by atoms with E-state index < -0.39 is 0 Å². The Bertz CT molecular complexity index is 676. The van der Waals surface area contributed by atoms with E-state index in [1.807, 2.05) is 25.3 Å². The number of aryl methyl sites for hydroxylation is 1. The predicted octanol–water partition coefficient (Wildman–Crippen LogP) is 2.25. The highest BCUT2D eigenvalue weighted by molar-refractivity contribution is 5.78. The molecule has 134 valence electrons. The van der Waals surface area contributed by atoms with Crippen LogP contribution < -0.4 is 5.43 Å². The molecule has 0 saturated carbocycles. The molecule has 0 aliphatic carbocycles. The number of esters is 1. The van der Waals surface area contributed by atoms with E-state index in [4.69, 9.17) is 4.74 Å². The van der Waals surface area contributed by atoms with E-state index in [9.17, 15) is 4.79 Å². The molecule has 1 N–H and O–H groups in total. The highest BCUT2D eigenvalue weighted by Crippen LogP contribution is 2.25. The number of hydrogen-bond donors (Lipinski definition) is 1. The Kier molecular flexibility index (Phi) is 5.60. The zero-order chi connectivity index (χ0) is 17.6. The number of carbonyl (C=O) groups is 1. The maximum absolute atomic E-state index is 11.6. The van der Waals surface area contributed by atoms with Gasteiger partial charge in [-0.15, -0.1) is 0 Å². The number of allylic oxidation sites excluding steroid dienone is 2. The molecule has 3 rings (SSSR count). The third-order valence-corrected chi connectivity index (χ3v) is 4.50. The molecule has 0 radical (unpaired) electrons. The first-order valence-electron chi connectivity index (χ1n) is 8.74. The van der Waals surface area contributed by atoms with Crippen LogP contribution in [0.15, 0.2) is 42.4 Å². The number of carbonyl (C=O) groups excluding carboxylic acids is 1. The Morgan fingerprint density at radius 2 is 2.00 bits per heavy atom. The zero-order valence-electron chi connectivity index (χ0n) is 14.9. The van der Waals surface area contributed by atoms with Crippen molar-refractivity contribution in [2.45, 2.75) is 13.8 Å². The summed E-state index contributed by atoms with van der Waals surface area (Å²) in [6.45, 7) is 8.13. The lowest BCUT2D eigenvalue weighted by Crippen LogP contribution is -2.49. The van der Waals surface area contributed by atoms with Crippen LogP contribution in [-0.2, 0) is 9.53 Å². The summed E-state index contributed by atoms with van der Waals surface area (Å²) in [4.78, 5) is 16.0. The summed E-state index contributed by atoms with van der Waals surface area (Å²) in [5, 5.41) is 0. The van der Waals surface area contributed by atoms with Crippen molar-refractivity contribution in [2.24, 2.45) is 0 Å². The minimum Gasteiger partial charge on any atom is -0.602 e. The fraction of sp³-hybridized carbons (Fsp3) is 0.421. The highest BCUT2D eigenvalue weighted by atomic mass is 16.5. The number of nitrogens with one attached hydrogen (secondary N) is 1. The smallest absolute Gasteiger partial charge is 0.320 e. The van der Waals surface area contributed by atoms with Gasteiger partial charge in [0.15, 0.2) is 0 Å². The van der Waals surface area contributed by atoms with E-state index in [1.54, 1.807) is 0 Å². The summed E-state index contributed by atoms with van der Waals surface area (Å²) >= 11 is 0. The largest absolute Gasteiger partial charge is 0.602 e. The minimum absolute atomic E-state index is 0.147. The van der Waals surface area contributed by atoms with Crippen LogP contribution in [0.3, 0.4) is 0 Å². The fourth-order valence-electron chi connectivity index (χ4n) is 3.13. The average Bonchev–Trinajstić information content (AvgIpc) is 2.63. The van der Waals surface area contributed by atoms with Crippen molar-refractivity contribution in [3.05, 3.63) is 58.9 Å². The molecule has 0 unspecified atom stereocenters. The first-order chi connectivity index (χ1) is 12.2.